The Balaban J connectivity index is 2.60. The Labute approximate surface area is 139 Å². The van der Waals surface area contributed by atoms with Gasteiger partial charge >= 0.3 is 5.69 Å². The largest absolute Gasteiger partial charge is 0.332 e. The van der Waals surface area contributed by atoms with Crippen molar-refractivity contribution in [3.63, 3.8) is 0 Å². The highest BCUT2D eigenvalue weighted by Gasteiger charge is 2.24. The molecule has 0 unspecified atom stereocenters. The summed E-state index contributed by atoms with van der Waals surface area (Å²) in [4.78, 5) is 39.4. The molecular formula is C15H11ClN4O4. The molecule has 3 aromatic rings. The van der Waals surface area contributed by atoms with Crippen molar-refractivity contribution in [3.05, 3.63) is 66.4 Å². The van der Waals surface area contributed by atoms with Crippen LogP contribution in [0.4, 0.5) is 5.69 Å². The summed E-state index contributed by atoms with van der Waals surface area (Å²) < 4.78 is 2.08. The van der Waals surface area contributed by atoms with Crippen LogP contribution in [0, 0.1) is 10.1 Å². The van der Waals surface area contributed by atoms with Gasteiger partial charge in [0, 0.05) is 19.1 Å². The van der Waals surface area contributed by atoms with Gasteiger partial charge in [-0.25, -0.2) is 9.78 Å². The average molecular weight is 347 g/mol. The van der Waals surface area contributed by atoms with Crippen molar-refractivity contribution >= 4 is 28.3 Å². The maximum Gasteiger partial charge on any atom is 0.332 e. The lowest BCUT2D eigenvalue weighted by Gasteiger charge is -2.11. The van der Waals surface area contributed by atoms with Crippen molar-refractivity contribution in [2.24, 2.45) is 14.1 Å². The van der Waals surface area contributed by atoms with Crippen LogP contribution >= 0.6 is 11.6 Å². The highest BCUT2D eigenvalue weighted by atomic mass is 35.5. The van der Waals surface area contributed by atoms with Crippen LogP contribution in [-0.2, 0) is 14.1 Å². The van der Waals surface area contributed by atoms with E-state index >= 15 is 0 Å². The van der Waals surface area contributed by atoms with Gasteiger partial charge < -0.3 is 0 Å². The fourth-order valence-electron chi connectivity index (χ4n) is 2.57. The van der Waals surface area contributed by atoms with E-state index < -0.39 is 16.2 Å². The predicted octanol–water partition coefficient (Wildman–Crippen LogP) is 1.86. The Morgan fingerprint density at radius 3 is 2.33 bits per heavy atom. The minimum atomic E-state index is -0.644. The van der Waals surface area contributed by atoms with Crippen LogP contribution in [0.25, 0.3) is 22.2 Å². The third-order valence-electron chi connectivity index (χ3n) is 3.78. The molecule has 8 nitrogen and oxygen atoms in total. The lowest BCUT2D eigenvalue weighted by molar-refractivity contribution is -0.384. The molecule has 0 aliphatic carbocycles. The monoisotopic (exact) mass is 346 g/mol. The fourth-order valence-corrected chi connectivity index (χ4v) is 2.69. The van der Waals surface area contributed by atoms with Gasteiger partial charge in [-0.05, 0) is 17.7 Å². The summed E-state index contributed by atoms with van der Waals surface area (Å²) in [5.74, 6) is 0. The highest BCUT2D eigenvalue weighted by Crippen LogP contribution is 2.34. The molecule has 9 heteroatoms. The van der Waals surface area contributed by atoms with Gasteiger partial charge in [0.2, 0.25) is 0 Å². The third-order valence-corrected chi connectivity index (χ3v) is 4.03. The number of pyridine rings is 1. The van der Waals surface area contributed by atoms with E-state index in [0.29, 0.717) is 10.6 Å². The minimum Gasteiger partial charge on any atom is -0.280 e. The smallest absolute Gasteiger partial charge is 0.280 e. The van der Waals surface area contributed by atoms with E-state index in [2.05, 4.69) is 4.98 Å². The average Bonchev–Trinajstić information content (AvgIpc) is 2.57. The number of aromatic nitrogens is 3. The van der Waals surface area contributed by atoms with Gasteiger partial charge in [0.05, 0.1) is 15.9 Å². The Kier molecular flexibility index (Phi) is 3.69. The second kappa shape index (κ2) is 5.57. The van der Waals surface area contributed by atoms with E-state index in [1.165, 1.54) is 18.7 Å². The molecule has 2 aromatic heterocycles. The molecule has 0 aliphatic rings. The molecule has 0 radical (unpaired) electrons. The lowest BCUT2D eigenvalue weighted by atomic mass is 10.0. The van der Waals surface area contributed by atoms with Gasteiger partial charge in [0.25, 0.3) is 11.2 Å². The molecule has 0 N–H and O–H groups in total. The van der Waals surface area contributed by atoms with Crippen LogP contribution in [0.5, 0.6) is 0 Å². The summed E-state index contributed by atoms with van der Waals surface area (Å²) in [6, 6.07) is 6.29. The molecule has 2 heterocycles. The number of hydrogen-bond donors (Lipinski definition) is 0. The summed E-state index contributed by atoms with van der Waals surface area (Å²) in [5, 5.41) is 11.9. The van der Waals surface area contributed by atoms with Crippen molar-refractivity contribution < 1.29 is 4.92 Å². The predicted molar refractivity (Wildman–Crippen MR) is 89.3 cm³/mol. The first-order chi connectivity index (χ1) is 11.3. The molecule has 0 aliphatic heterocycles. The lowest BCUT2D eigenvalue weighted by Crippen LogP contribution is -2.37. The van der Waals surface area contributed by atoms with E-state index in [9.17, 15) is 19.7 Å². The van der Waals surface area contributed by atoms with E-state index in [4.69, 9.17) is 11.6 Å². The third kappa shape index (κ3) is 2.28. The first kappa shape index (κ1) is 15.9. The van der Waals surface area contributed by atoms with E-state index in [1.54, 1.807) is 24.3 Å². The van der Waals surface area contributed by atoms with Gasteiger partial charge in [0.15, 0.2) is 0 Å². The molecule has 0 spiro atoms. The second-order valence-electron chi connectivity index (χ2n) is 5.19. The number of nitrogens with zero attached hydrogens (tertiary/aromatic N) is 4. The standard InChI is InChI=1S/C15H11ClN4O4/c1-18-13-12(14(21)19(2)15(18)22)11(10(7-17-13)20(23)24)8-3-5-9(16)6-4-8/h3-7H,1-2H3. The number of benzene rings is 1. The zero-order chi connectivity index (χ0) is 17.6. The van der Waals surface area contributed by atoms with Crippen molar-refractivity contribution in [3.8, 4) is 11.1 Å². The summed E-state index contributed by atoms with van der Waals surface area (Å²) >= 11 is 5.86. The molecule has 0 bridgehead atoms. The normalized spacial score (nSPS) is 11.0. The molecule has 0 amide bonds. The van der Waals surface area contributed by atoms with Crippen molar-refractivity contribution in [1.82, 2.24) is 14.1 Å². The van der Waals surface area contributed by atoms with Crippen LogP contribution in [-0.4, -0.2) is 19.0 Å². The van der Waals surface area contributed by atoms with Gasteiger partial charge in [-0.3, -0.25) is 24.0 Å². The van der Waals surface area contributed by atoms with Crippen LogP contribution < -0.4 is 11.2 Å². The quantitative estimate of drug-likeness (QED) is 0.521. The van der Waals surface area contributed by atoms with Crippen LogP contribution in [0.2, 0.25) is 5.02 Å². The van der Waals surface area contributed by atoms with Gasteiger partial charge in [-0.1, -0.05) is 23.7 Å². The number of rotatable bonds is 2. The second-order valence-corrected chi connectivity index (χ2v) is 5.62. The molecule has 3 rings (SSSR count). The Morgan fingerprint density at radius 2 is 1.75 bits per heavy atom. The van der Waals surface area contributed by atoms with Crippen molar-refractivity contribution in [1.29, 1.82) is 0 Å². The van der Waals surface area contributed by atoms with E-state index in [0.717, 1.165) is 10.8 Å². The number of fused-ring (bicyclic) bond motifs is 1. The van der Waals surface area contributed by atoms with Gasteiger partial charge in [-0.2, -0.15) is 0 Å². The van der Waals surface area contributed by atoms with Gasteiger partial charge in [-0.15, -0.1) is 0 Å². The molecule has 0 saturated carbocycles. The maximum atomic E-state index is 12.6. The molecular weight excluding hydrogens is 336 g/mol. The van der Waals surface area contributed by atoms with Crippen LogP contribution in [0.15, 0.2) is 40.1 Å². The Morgan fingerprint density at radius 1 is 1.12 bits per heavy atom. The molecule has 0 atom stereocenters. The molecule has 24 heavy (non-hydrogen) atoms. The minimum absolute atomic E-state index is 0.0103. The van der Waals surface area contributed by atoms with Crippen LogP contribution in [0.3, 0.4) is 0 Å². The topological polar surface area (TPSA) is 100 Å². The summed E-state index contributed by atoms with van der Waals surface area (Å²) in [6.07, 6.45) is 1.05. The van der Waals surface area contributed by atoms with E-state index in [-0.39, 0.29) is 22.3 Å². The Bertz CT molecular complexity index is 1100. The van der Waals surface area contributed by atoms with Gasteiger partial charge in [0.1, 0.15) is 11.8 Å². The van der Waals surface area contributed by atoms with Crippen molar-refractivity contribution in [2.75, 3.05) is 0 Å². The van der Waals surface area contributed by atoms with Crippen molar-refractivity contribution in [2.45, 2.75) is 0 Å². The molecule has 122 valence electrons. The SMILES string of the molecule is Cn1c(=O)c2c(-c3ccc(Cl)cc3)c([N+](=O)[O-])cnc2n(C)c1=O. The first-order valence-electron chi connectivity index (χ1n) is 6.82. The zero-order valence-electron chi connectivity index (χ0n) is 12.7. The fraction of sp³-hybridized carbons (Fsp3) is 0.133. The first-order valence-corrected chi connectivity index (χ1v) is 7.19. The summed E-state index contributed by atoms with van der Waals surface area (Å²) in [7, 11) is 2.77. The zero-order valence-corrected chi connectivity index (χ0v) is 13.4. The Hall–Kier alpha value is -3.00. The molecule has 1 aromatic carbocycles. The number of halogens is 1. The molecule has 0 fully saturated rings. The number of nitro groups is 1. The number of aryl methyl sites for hydroxylation is 1. The maximum absolute atomic E-state index is 12.6. The number of hydrogen-bond acceptors (Lipinski definition) is 5. The highest BCUT2D eigenvalue weighted by molar-refractivity contribution is 6.30. The summed E-state index contributed by atoms with van der Waals surface area (Å²) in [5.41, 5.74) is -0.892. The summed E-state index contributed by atoms with van der Waals surface area (Å²) in [6.45, 7) is 0. The molecule has 0 saturated heterocycles. The van der Waals surface area contributed by atoms with Crippen LogP contribution in [0.1, 0.15) is 0 Å². The van der Waals surface area contributed by atoms with E-state index in [1.807, 2.05) is 0 Å².